The topological polar surface area (TPSA) is 89.8 Å². The summed E-state index contributed by atoms with van der Waals surface area (Å²) >= 11 is 0. The zero-order valence-electron chi connectivity index (χ0n) is 20.2. The monoisotopic (exact) mass is 472 g/mol. The quantitative estimate of drug-likeness (QED) is 0.327. The van der Waals surface area contributed by atoms with Gasteiger partial charge in [-0.15, -0.1) is 0 Å². The van der Waals surface area contributed by atoms with Gasteiger partial charge in [-0.2, -0.15) is 5.26 Å². The molecule has 3 aromatic rings. The number of hydrogen-bond acceptors (Lipinski definition) is 6. The predicted molar refractivity (Wildman–Crippen MR) is 133 cm³/mol. The van der Waals surface area contributed by atoms with E-state index in [1.165, 1.54) is 13.2 Å². The van der Waals surface area contributed by atoms with Crippen molar-refractivity contribution in [2.75, 3.05) is 21.3 Å². The van der Waals surface area contributed by atoms with Gasteiger partial charge in [0.15, 0.2) is 11.5 Å². The molecule has 180 valence electrons. The number of carbonyl (C=O) groups is 1. The lowest BCUT2D eigenvalue weighted by Crippen LogP contribution is -2.27. The molecule has 3 rings (SSSR count). The summed E-state index contributed by atoms with van der Waals surface area (Å²) in [6, 6.07) is 22.0. The Labute approximate surface area is 205 Å². The van der Waals surface area contributed by atoms with Gasteiger partial charge in [0, 0.05) is 5.56 Å². The van der Waals surface area contributed by atoms with Gasteiger partial charge in [-0.25, -0.2) is 0 Å². The largest absolute Gasteiger partial charge is 0.497 e. The van der Waals surface area contributed by atoms with E-state index in [2.05, 4.69) is 5.32 Å². The Morgan fingerprint density at radius 1 is 0.943 bits per heavy atom. The Hall–Kier alpha value is -4.44. The summed E-state index contributed by atoms with van der Waals surface area (Å²) in [4.78, 5) is 12.7. The molecule has 0 aliphatic heterocycles. The fourth-order valence-electron chi connectivity index (χ4n) is 3.46. The second kappa shape index (κ2) is 12.1. The maximum atomic E-state index is 12.7. The lowest BCUT2D eigenvalue weighted by atomic mass is 10.1. The Kier molecular flexibility index (Phi) is 8.74. The molecule has 1 N–H and O–H groups in total. The molecule has 1 atom stereocenters. The van der Waals surface area contributed by atoms with Gasteiger partial charge < -0.3 is 24.3 Å². The van der Waals surface area contributed by atoms with Crippen LogP contribution in [-0.4, -0.2) is 27.2 Å². The summed E-state index contributed by atoms with van der Waals surface area (Å²) in [6.45, 7) is 2.10. The second-order valence-corrected chi connectivity index (χ2v) is 7.65. The molecule has 35 heavy (non-hydrogen) atoms. The Balaban J connectivity index is 1.75. The van der Waals surface area contributed by atoms with E-state index >= 15 is 0 Å². The predicted octanol–water partition coefficient (Wildman–Crippen LogP) is 5.08. The number of nitriles is 1. The zero-order chi connectivity index (χ0) is 25.2. The van der Waals surface area contributed by atoms with Crippen molar-refractivity contribution in [1.29, 1.82) is 5.26 Å². The van der Waals surface area contributed by atoms with Crippen LogP contribution in [0.5, 0.6) is 23.0 Å². The number of carbonyl (C=O) groups excluding carboxylic acids is 1. The molecule has 0 aliphatic rings. The molecule has 0 radical (unpaired) electrons. The highest BCUT2D eigenvalue weighted by Gasteiger charge is 2.15. The maximum Gasteiger partial charge on any atom is 0.262 e. The highest BCUT2D eigenvalue weighted by Crippen LogP contribution is 2.31. The molecular weight excluding hydrogens is 444 g/mol. The van der Waals surface area contributed by atoms with Gasteiger partial charge in [-0.05, 0) is 54.5 Å². The minimum absolute atomic E-state index is 0.00961. The van der Waals surface area contributed by atoms with E-state index in [1.807, 2.05) is 61.5 Å². The van der Waals surface area contributed by atoms with Crippen molar-refractivity contribution in [2.45, 2.75) is 19.6 Å². The van der Waals surface area contributed by atoms with Crippen LogP contribution in [0.4, 0.5) is 0 Å². The van der Waals surface area contributed by atoms with E-state index in [0.717, 1.165) is 11.1 Å². The van der Waals surface area contributed by atoms with Gasteiger partial charge in [0.2, 0.25) is 0 Å². The Morgan fingerprint density at radius 2 is 1.66 bits per heavy atom. The molecule has 3 aromatic carbocycles. The number of ether oxygens (including phenoxy) is 4. The van der Waals surface area contributed by atoms with Crippen LogP contribution in [0.25, 0.3) is 6.08 Å². The van der Waals surface area contributed by atoms with Crippen molar-refractivity contribution in [3.05, 3.63) is 89.0 Å². The first-order valence-electron chi connectivity index (χ1n) is 11.0. The van der Waals surface area contributed by atoms with Crippen LogP contribution >= 0.6 is 0 Å². The molecule has 7 heteroatoms. The van der Waals surface area contributed by atoms with Crippen molar-refractivity contribution < 1.29 is 23.7 Å². The number of hydrogen-bond donors (Lipinski definition) is 1. The summed E-state index contributed by atoms with van der Waals surface area (Å²) in [6.07, 6.45) is 1.52. The van der Waals surface area contributed by atoms with Crippen molar-refractivity contribution in [3.8, 4) is 29.1 Å². The molecule has 7 nitrogen and oxygen atoms in total. The second-order valence-electron chi connectivity index (χ2n) is 7.65. The molecule has 0 bridgehead atoms. The summed E-state index contributed by atoms with van der Waals surface area (Å²) in [7, 11) is 4.72. The van der Waals surface area contributed by atoms with Crippen molar-refractivity contribution in [1.82, 2.24) is 5.32 Å². The average Bonchev–Trinajstić information content (AvgIpc) is 2.90. The molecule has 0 aliphatic carbocycles. The average molecular weight is 473 g/mol. The normalized spacial score (nSPS) is 11.7. The minimum atomic E-state index is -0.451. The van der Waals surface area contributed by atoms with Crippen LogP contribution in [0.1, 0.15) is 29.7 Å². The van der Waals surface area contributed by atoms with Crippen LogP contribution in [0.3, 0.4) is 0 Å². The molecular formula is C28H28N2O5. The molecule has 0 spiro atoms. The summed E-state index contributed by atoms with van der Waals surface area (Å²) in [5.41, 5.74) is 2.39. The standard InChI is InChI=1S/C28H28N2O5/c1-19(21-8-6-5-7-9-21)30-28(31)22(17-29)14-20-10-12-26(27(15-20)34-4)35-18-23-16-24(32-2)11-13-25(23)33-3/h5-16,19H,18H2,1-4H3,(H,30,31)/b22-14+/t19-/m0/s1. The van der Waals surface area contributed by atoms with Gasteiger partial charge in [0.1, 0.15) is 29.7 Å². The number of nitrogens with zero attached hydrogens (tertiary/aromatic N) is 1. The van der Waals surface area contributed by atoms with Crippen LogP contribution in [-0.2, 0) is 11.4 Å². The number of benzene rings is 3. The van der Waals surface area contributed by atoms with Crippen molar-refractivity contribution in [3.63, 3.8) is 0 Å². The third kappa shape index (κ3) is 6.55. The lowest BCUT2D eigenvalue weighted by molar-refractivity contribution is -0.117. The van der Waals surface area contributed by atoms with E-state index in [0.29, 0.717) is 28.6 Å². The van der Waals surface area contributed by atoms with Crippen molar-refractivity contribution >= 4 is 12.0 Å². The Bertz CT molecular complexity index is 1230. The minimum Gasteiger partial charge on any atom is -0.497 e. The SMILES string of the molecule is COc1ccc(OC)c(COc2ccc(/C=C(\C#N)C(=O)N[C@@H](C)c3ccccc3)cc2OC)c1. The van der Waals surface area contributed by atoms with Gasteiger partial charge in [0.25, 0.3) is 5.91 Å². The highest BCUT2D eigenvalue weighted by atomic mass is 16.5. The summed E-state index contributed by atoms with van der Waals surface area (Å²) in [5.74, 6) is 1.90. The number of amides is 1. The first-order valence-corrected chi connectivity index (χ1v) is 11.0. The van der Waals surface area contributed by atoms with Crippen LogP contribution < -0.4 is 24.3 Å². The molecule has 0 heterocycles. The number of methoxy groups -OCH3 is 3. The summed E-state index contributed by atoms with van der Waals surface area (Å²) in [5, 5.41) is 12.4. The molecule has 0 unspecified atom stereocenters. The number of nitrogens with one attached hydrogen (secondary N) is 1. The van der Waals surface area contributed by atoms with E-state index in [4.69, 9.17) is 18.9 Å². The van der Waals surface area contributed by atoms with E-state index < -0.39 is 5.91 Å². The first-order chi connectivity index (χ1) is 17.0. The highest BCUT2D eigenvalue weighted by molar-refractivity contribution is 6.01. The number of rotatable bonds is 10. The molecule has 0 aromatic heterocycles. The third-order valence-corrected chi connectivity index (χ3v) is 5.38. The van der Waals surface area contributed by atoms with Gasteiger partial charge in [-0.1, -0.05) is 36.4 Å². The van der Waals surface area contributed by atoms with E-state index in [9.17, 15) is 10.1 Å². The van der Waals surface area contributed by atoms with Gasteiger partial charge in [0.05, 0.1) is 27.4 Å². The Morgan fingerprint density at radius 3 is 2.31 bits per heavy atom. The van der Waals surface area contributed by atoms with Crippen LogP contribution in [0.15, 0.2) is 72.3 Å². The third-order valence-electron chi connectivity index (χ3n) is 5.38. The molecule has 0 saturated heterocycles. The molecule has 1 amide bonds. The smallest absolute Gasteiger partial charge is 0.262 e. The fourth-order valence-corrected chi connectivity index (χ4v) is 3.46. The summed E-state index contributed by atoms with van der Waals surface area (Å²) < 4.78 is 22.1. The zero-order valence-corrected chi connectivity index (χ0v) is 20.2. The van der Waals surface area contributed by atoms with E-state index in [-0.39, 0.29) is 18.2 Å². The lowest BCUT2D eigenvalue weighted by Gasteiger charge is -2.15. The van der Waals surface area contributed by atoms with E-state index in [1.54, 1.807) is 32.4 Å². The van der Waals surface area contributed by atoms with Gasteiger partial charge >= 0.3 is 0 Å². The first kappa shape index (κ1) is 25.2. The van der Waals surface area contributed by atoms with Crippen molar-refractivity contribution in [2.24, 2.45) is 0 Å². The van der Waals surface area contributed by atoms with Crippen LogP contribution in [0.2, 0.25) is 0 Å². The molecule has 0 saturated carbocycles. The fraction of sp³-hybridized carbons (Fsp3) is 0.214. The molecule has 0 fully saturated rings. The van der Waals surface area contributed by atoms with Gasteiger partial charge in [-0.3, -0.25) is 4.79 Å². The van der Waals surface area contributed by atoms with Crippen LogP contribution in [0, 0.1) is 11.3 Å². The maximum absolute atomic E-state index is 12.7.